The molecule has 0 amide bonds. The van der Waals surface area contributed by atoms with Crippen molar-refractivity contribution in [3.05, 3.63) is 12.2 Å². The molecule has 1 rings (SSSR count). The van der Waals surface area contributed by atoms with Gasteiger partial charge in [0, 0.05) is 6.61 Å². The van der Waals surface area contributed by atoms with Crippen LogP contribution in [-0.4, -0.2) is 11.7 Å². The van der Waals surface area contributed by atoms with Crippen LogP contribution in [0.4, 0.5) is 0 Å². The van der Waals surface area contributed by atoms with Crippen molar-refractivity contribution >= 4 is 0 Å². The maximum atomic E-state index is 8.47. The van der Waals surface area contributed by atoms with E-state index in [1.54, 1.807) is 0 Å². The molecule has 8 heavy (non-hydrogen) atoms. The summed E-state index contributed by atoms with van der Waals surface area (Å²) >= 11 is 0. The van der Waals surface area contributed by atoms with E-state index in [4.69, 9.17) is 5.11 Å². The van der Waals surface area contributed by atoms with Gasteiger partial charge >= 0.3 is 0 Å². The molecular weight excluding hydrogens is 100 g/mol. The smallest absolute Gasteiger partial charge is 0.0436 e. The molecule has 0 bridgehead atoms. The van der Waals surface area contributed by atoms with Crippen LogP contribution in [0.1, 0.15) is 13.3 Å². The minimum atomic E-state index is 0.314. The normalized spacial score (nSPS) is 35.5. The topological polar surface area (TPSA) is 20.2 Å². The third-order valence-electron chi connectivity index (χ3n) is 2.00. The Bertz CT molecular complexity index is 107. The maximum Gasteiger partial charge on any atom is 0.0436 e. The molecule has 1 saturated carbocycles. The second kappa shape index (κ2) is 1.90. The van der Waals surface area contributed by atoms with E-state index in [1.165, 1.54) is 5.57 Å². The molecular formula is C7H12O. The van der Waals surface area contributed by atoms with Gasteiger partial charge in [-0.15, -0.1) is 0 Å². The highest BCUT2D eigenvalue weighted by Crippen LogP contribution is 2.45. The summed E-state index contributed by atoms with van der Waals surface area (Å²) in [5.74, 6) is 1.32. The van der Waals surface area contributed by atoms with Crippen LogP contribution in [0.5, 0.6) is 0 Å². The lowest BCUT2D eigenvalue weighted by Crippen LogP contribution is -1.84. The lowest BCUT2D eigenvalue weighted by Gasteiger charge is -1.85. The fourth-order valence-electron chi connectivity index (χ4n) is 1.12. The van der Waals surface area contributed by atoms with Crippen LogP contribution < -0.4 is 0 Å². The van der Waals surface area contributed by atoms with E-state index in [-0.39, 0.29) is 0 Å². The summed E-state index contributed by atoms with van der Waals surface area (Å²) in [6.45, 7) is 6.31. The summed E-state index contributed by atoms with van der Waals surface area (Å²) in [7, 11) is 0. The molecule has 2 unspecified atom stereocenters. The molecule has 0 aliphatic heterocycles. The molecule has 1 heteroatoms. The molecule has 0 saturated heterocycles. The van der Waals surface area contributed by atoms with Gasteiger partial charge in [-0.25, -0.2) is 0 Å². The Balaban J connectivity index is 2.23. The van der Waals surface area contributed by atoms with Crippen molar-refractivity contribution in [2.24, 2.45) is 11.8 Å². The molecule has 1 aliphatic rings. The fraction of sp³-hybridized carbons (Fsp3) is 0.714. The molecule has 1 aliphatic carbocycles. The van der Waals surface area contributed by atoms with Crippen LogP contribution in [0.2, 0.25) is 0 Å². The Labute approximate surface area is 50.0 Å². The fourth-order valence-corrected chi connectivity index (χ4v) is 1.12. The highest BCUT2D eigenvalue weighted by molar-refractivity contribution is 5.24. The Morgan fingerprint density at radius 3 is 2.38 bits per heavy atom. The summed E-state index contributed by atoms with van der Waals surface area (Å²) in [6.07, 6.45) is 0.917. The van der Waals surface area contributed by atoms with Gasteiger partial charge in [0.25, 0.3) is 0 Å². The lowest BCUT2D eigenvalue weighted by atomic mass is 10.2. The van der Waals surface area contributed by atoms with Gasteiger partial charge in [-0.1, -0.05) is 19.1 Å². The summed E-state index contributed by atoms with van der Waals surface area (Å²) < 4.78 is 0. The van der Waals surface area contributed by atoms with Gasteiger partial charge in [-0.3, -0.25) is 0 Å². The van der Waals surface area contributed by atoms with Crippen LogP contribution in [0.25, 0.3) is 0 Å². The van der Waals surface area contributed by atoms with Crippen LogP contribution >= 0.6 is 0 Å². The molecule has 0 aromatic heterocycles. The van der Waals surface area contributed by atoms with E-state index in [1.807, 2.05) is 0 Å². The van der Waals surface area contributed by atoms with E-state index in [9.17, 15) is 0 Å². The molecule has 0 aromatic rings. The Morgan fingerprint density at radius 2 is 2.25 bits per heavy atom. The molecule has 2 atom stereocenters. The summed E-state index contributed by atoms with van der Waals surface area (Å²) in [5, 5.41) is 8.47. The van der Waals surface area contributed by atoms with Crippen LogP contribution in [-0.2, 0) is 0 Å². The van der Waals surface area contributed by atoms with Crippen LogP contribution in [0.15, 0.2) is 12.2 Å². The molecule has 0 heterocycles. The minimum absolute atomic E-state index is 0.314. The first-order valence-electron chi connectivity index (χ1n) is 3.07. The SMILES string of the molecule is C=C1C(C)C1CCO. The first kappa shape index (κ1) is 5.83. The molecule has 1 fully saturated rings. The molecule has 46 valence electrons. The van der Waals surface area contributed by atoms with Crippen LogP contribution in [0.3, 0.4) is 0 Å². The van der Waals surface area contributed by atoms with Gasteiger partial charge in [0.2, 0.25) is 0 Å². The first-order valence-corrected chi connectivity index (χ1v) is 3.07. The standard InChI is InChI=1S/C7H12O/c1-5-6(2)7(5)3-4-8/h6-8H,1,3-4H2,2H3. The van der Waals surface area contributed by atoms with E-state index < -0.39 is 0 Å². The Kier molecular flexibility index (Phi) is 1.39. The molecule has 0 radical (unpaired) electrons. The number of aliphatic hydroxyl groups is 1. The Morgan fingerprint density at radius 1 is 1.75 bits per heavy atom. The first-order chi connectivity index (χ1) is 3.77. The predicted molar refractivity (Wildman–Crippen MR) is 33.5 cm³/mol. The molecule has 1 nitrogen and oxygen atoms in total. The quantitative estimate of drug-likeness (QED) is 0.532. The van der Waals surface area contributed by atoms with Gasteiger partial charge < -0.3 is 5.11 Å². The largest absolute Gasteiger partial charge is 0.396 e. The zero-order chi connectivity index (χ0) is 6.15. The number of hydrogen-bond donors (Lipinski definition) is 1. The van der Waals surface area contributed by atoms with Gasteiger partial charge in [-0.05, 0) is 18.3 Å². The summed E-state index contributed by atoms with van der Waals surface area (Å²) in [5.41, 5.74) is 1.32. The number of allylic oxidation sites excluding steroid dienone is 1. The van der Waals surface area contributed by atoms with Crippen molar-refractivity contribution in [2.75, 3.05) is 6.61 Å². The predicted octanol–water partition coefficient (Wildman–Crippen LogP) is 1.19. The van der Waals surface area contributed by atoms with Crippen molar-refractivity contribution < 1.29 is 5.11 Å². The van der Waals surface area contributed by atoms with Gasteiger partial charge in [0.05, 0.1) is 0 Å². The highest BCUT2D eigenvalue weighted by atomic mass is 16.3. The van der Waals surface area contributed by atoms with Crippen LogP contribution in [0, 0.1) is 11.8 Å². The molecule has 0 aromatic carbocycles. The van der Waals surface area contributed by atoms with Gasteiger partial charge in [-0.2, -0.15) is 0 Å². The third kappa shape index (κ3) is 0.781. The van der Waals surface area contributed by atoms with E-state index in [2.05, 4.69) is 13.5 Å². The van der Waals surface area contributed by atoms with Crippen molar-refractivity contribution in [3.8, 4) is 0 Å². The average Bonchev–Trinajstić information content (AvgIpc) is 2.25. The maximum absolute atomic E-state index is 8.47. The Hall–Kier alpha value is -0.300. The summed E-state index contributed by atoms with van der Waals surface area (Å²) in [4.78, 5) is 0. The van der Waals surface area contributed by atoms with Gasteiger partial charge in [0.15, 0.2) is 0 Å². The molecule has 1 N–H and O–H groups in total. The number of aliphatic hydroxyl groups excluding tert-OH is 1. The van der Waals surface area contributed by atoms with Crippen molar-refractivity contribution in [1.29, 1.82) is 0 Å². The zero-order valence-corrected chi connectivity index (χ0v) is 5.22. The molecule has 0 spiro atoms. The lowest BCUT2D eigenvalue weighted by molar-refractivity contribution is 0.279. The van der Waals surface area contributed by atoms with Gasteiger partial charge in [0.1, 0.15) is 0 Å². The summed E-state index contributed by atoms with van der Waals surface area (Å²) in [6, 6.07) is 0. The van der Waals surface area contributed by atoms with E-state index >= 15 is 0 Å². The number of rotatable bonds is 2. The van der Waals surface area contributed by atoms with Crippen molar-refractivity contribution in [2.45, 2.75) is 13.3 Å². The van der Waals surface area contributed by atoms with Crippen molar-refractivity contribution in [3.63, 3.8) is 0 Å². The number of hydrogen-bond acceptors (Lipinski definition) is 1. The monoisotopic (exact) mass is 112 g/mol. The highest BCUT2D eigenvalue weighted by Gasteiger charge is 2.36. The van der Waals surface area contributed by atoms with E-state index in [0.717, 1.165) is 6.42 Å². The third-order valence-corrected chi connectivity index (χ3v) is 2.00. The second-order valence-corrected chi connectivity index (χ2v) is 2.48. The van der Waals surface area contributed by atoms with Crippen molar-refractivity contribution in [1.82, 2.24) is 0 Å². The zero-order valence-electron chi connectivity index (χ0n) is 5.22. The average molecular weight is 112 g/mol. The minimum Gasteiger partial charge on any atom is -0.396 e. The second-order valence-electron chi connectivity index (χ2n) is 2.48. The van der Waals surface area contributed by atoms with E-state index in [0.29, 0.717) is 18.4 Å².